The van der Waals surface area contributed by atoms with E-state index >= 15 is 0 Å². The fourth-order valence-corrected chi connectivity index (χ4v) is 3.36. The van der Waals surface area contributed by atoms with Gasteiger partial charge in [-0.15, -0.1) is 0 Å². The maximum absolute atomic E-state index is 9.05. The highest BCUT2D eigenvalue weighted by Gasteiger charge is 2.46. The summed E-state index contributed by atoms with van der Waals surface area (Å²) in [4.78, 5) is 0. The van der Waals surface area contributed by atoms with Crippen molar-refractivity contribution in [3.63, 3.8) is 0 Å². The van der Waals surface area contributed by atoms with Crippen LogP contribution in [0, 0.1) is 11.3 Å². The average Bonchev–Trinajstić information content (AvgIpc) is 2.53. The van der Waals surface area contributed by atoms with Gasteiger partial charge in [-0.25, -0.2) is 0 Å². The Bertz CT molecular complexity index is 323. The zero-order chi connectivity index (χ0) is 9.60. The molecule has 1 heteroatoms. The van der Waals surface area contributed by atoms with Gasteiger partial charge in [0.15, 0.2) is 0 Å². The molecule has 0 aromatic heterocycles. The van der Waals surface area contributed by atoms with Gasteiger partial charge in [0.05, 0.1) is 0 Å². The molecule has 14 heavy (non-hydrogen) atoms. The van der Waals surface area contributed by atoms with E-state index < -0.39 is 0 Å². The molecule has 0 heterocycles. The van der Waals surface area contributed by atoms with Crippen LogP contribution in [0.3, 0.4) is 0 Å². The van der Waals surface area contributed by atoms with Crippen molar-refractivity contribution in [2.24, 2.45) is 11.3 Å². The van der Waals surface area contributed by atoms with Crippen LogP contribution in [0.2, 0.25) is 0 Å². The lowest BCUT2D eigenvalue weighted by Gasteiger charge is -2.44. The molecule has 1 saturated carbocycles. The summed E-state index contributed by atoms with van der Waals surface area (Å²) in [5, 5.41) is 9.05. The van der Waals surface area contributed by atoms with E-state index in [1.54, 1.807) is 11.1 Å². The summed E-state index contributed by atoms with van der Waals surface area (Å²) in [6.07, 6.45) is 4.97. The van der Waals surface area contributed by atoms with Crippen molar-refractivity contribution >= 4 is 0 Å². The number of hydrogen-bond donors (Lipinski definition) is 1. The number of fused-ring (bicyclic) bond motifs is 1. The van der Waals surface area contributed by atoms with Crippen LogP contribution in [0.15, 0.2) is 24.3 Å². The average molecular weight is 188 g/mol. The van der Waals surface area contributed by atoms with Crippen LogP contribution in [0.4, 0.5) is 0 Å². The molecule has 1 spiro atoms. The lowest BCUT2D eigenvalue weighted by molar-refractivity contribution is 0.0248. The molecule has 0 amide bonds. The van der Waals surface area contributed by atoms with Gasteiger partial charge in [-0.05, 0) is 48.1 Å². The van der Waals surface area contributed by atoms with Crippen molar-refractivity contribution in [2.45, 2.75) is 25.7 Å². The molecule has 0 radical (unpaired) electrons. The minimum Gasteiger partial charge on any atom is -0.396 e. The molecule has 74 valence electrons. The molecule has 2 aliphatic rings. The van der Waals surface area contributed by atoms with Gasteiger partial charge in [0, 0.05) is 6.61 Å². The molecule has 1 aromatic rings. The second-order valence-corrected chi connectivity index (χ2v) is 5.08. The van der Waals surface area contributed by atoms with E-state index in [0.29, 0.717) is 17.9 Å². The van der Waals surface area contributed by atoms with Crippen molar-refractivity contribution in [2.75, 3.05) is 6.61 Å². The monoisotopic (exact) mass is 188 g/mol. The highest BCUT2D eigenvalue weighted by molar-refractivity contribution is 5.35. The fraction of sp³-hybridized carbons (Fsp3) is 0.538. The second-order valence-electron chi connectivity index (χ2n) is 5.08. The first kappa shape index (κ1) is 8.49. The molecule has 3 rings (SSSR count). The second kappa shape index (κ2) is 2.83. The number of hydrogen-bond acceptors (Lipinski definition) is 1. The Balaban J connectivity index is 1.80. The lowest BCUT2D eigenvalue weighted by Crippen LogP contribution is -2.39. The van der Waals surface area contributed by atoms with Crippen molar-refractivity contribution in [1.82, 2.24) is 0 Å². The quantitative estimate of drug-likeness (QED) is 0.716. The van der Waals surface area contributed by atoms with Gasteiger partial charge in [-0.2, -0.15) is 0 Å². The maximum atomic E-state index is 9.05. The highest BCUT2D eigenvalue weighted by atomic mass is 16.3. The molecule has 0 atom stereocenters. The Hall–Kier alpha value is -0.820. The standard InChI is InChI=1S/C13H16O/c14-9-10-5-13(6-10)7-11-3-1-2-4-12(11)8-13/h1-4,10,14H,5-9H2. The number of aliphatic hydroxyl groups is 1. The summed E-state index contributed by atoms with van der Waals surface area (Å²) >= 11 is 0. The van der Waals surface area contributed by atoms with Crippen molar-refractivity contribution < 1.29 is 5.11 Å². The third kappa shape index (κ3) is 1.12. The summed E-state index contributed by atoms with van der Waals surface area (Å²) in [5.74, 6) is 0.587. The van der Waals surface area contributed by atoms with Crippen LogP contribution >= 0.6 is 0 Å². The predicted molar refractivity (Wildman–Crippen MR) is 56.1 cm³/mol. The van der Waals surface area contributed by atoms with Crippen LogP contribution in [0.5, 0.6) is 0 Å². The van der Waals surface area contributed by atoms with E-state index in [2.05, 4.69) is 24.3 Å². The first-order valence-electron chi connectivity index (χ1n) is 5.49. The van der Waals surface area contributed by atoms with Crippen LogP contribution in [-0.4, -0.2) is 11.7 Å². The van der Waals surface area contributed by atoms with Gasteiger partial charge in [-0.1, -0.05) is 24.3 Å². The molecule has 2 aliphatic carbocycles. The van der Waals surface area contributed by atoms with Crippen molar-refractivity contribution in [3.8, 4) is 0 Å². The third-order valence-corrected chi connectivity index (χ3v) is 3.95. The van der Waals surface area contributed by atoms with E-state index in [1.807, 2.05) is 0 Å². The number of benzene rings is 1. The summed E-state index contributed by atoms with van der Waals surface area (Å²) in [7, 11) is 0. The Morgan fingerprint density at radius 3 is 2.21 bits per heavy atom. The summed E-state index contributed by atoms with van der Waals surface area (Å²) in [6, 6.07) is 8.80. The molecular formula is C13H16O. The first-order chi connectivity index (χ1) is 6.81. The summed E-state index contributed by atoms with van der Waals surface area (Å²) in [6.45, 7) is 0.387. The minimum absolute atomic E-state index is 0.387. The van der Waals surface area contributed by atoms with Crippen LogP contribution in [0.1, 0.15) is 24.0 Å². The minimum atomic E-state index is 0.387. The molecular weight excluding hydrogens is 172 g/mol. The zero-order valence-electron chi connectivity index (χ0n) is 8.37. The Morgan fingerprint density at radius 2 is 1.71 bits per heavy atom. The van der Waals surface area contributed by atoms with Gasteiger partial charge in [0.1, 0.15) is 0 Å². The normalized spacial score (nSPS) is 23.5. The van der Waals surface area contributed by atoms with E-state index in [-0.39, 0.29) is 0 Å². The van der Waals surface area contributed by atoms with Gasteiger partial charge in [0.2, 0.25) is 0 Å². The Kier molecular flexibility index (Phi) is 1.72. The maximum Gasteiger partial charge on any atom is 0.0459 e. The van der Waals surface area contributed by atoms with Crippen LogP contribution in [-0.2, 0) is 12.8 Å². The number of aliphatic hydroxyl groups excluding tert-OH is 1. The van der Waals surface area contributed by atoms with E-state index in [1.165, 1.54) is 25.7 Å². The summed E-state index contributed by atoms with van der Waals surface area (Å²) in [5.41, 5.74) is 3.63. The van der Waals surface area contributed by atoms with Crippen LogP contribution < -0.4 is 0 Å². The van der Waals surface area contributed by atoms with Crippen molar-refractivity contribution in [3.05, 3.63) is 35.4 Å². The van der Waals surface area contributed by atoms with Gasteiger partial charge < -0.3 is 5.11 Å². The molecule has 1 aromatic carbocycles. The number of rotatable bonds is 1. The van der Waals surface area contributed by atoms with E-state index in [0.717, 1.165) is 0 Å². The van der Waals surface area contributed by atoms with Gasteiger partial charge in [0.25, 0.3) is 0 Å². The third-order valence-electron chi connectivity index (χ3n) is 3.95. The topological polar surface area (TPSA) is 20.2 Å². The largest absolute Gasteiger partial charge is 0.396 e. The van der Waals surface area contributed by atoms with Gasteiger partial charge in [-0.3, -0.25) is 0 Å². The van der Waals surface area contributed by atoms with Crippen molar-refractivity contribution in [1.29, 1.82) is 0 Å². The predicted octanol–water partition coefficient (Wildman–Crippen LogP) is 2.17. The molecule has 0 unspecified atom stereocenters. The molecule has 0 bridgehead atoms. The van der Waals surface area contributed by atoms with E-state index in [4.69, 9.17) is 5.11 Å². The van der Waals surface area contributed by atoms with E-state index in [9.17, 15) is 0 Å². The smallest absolute Gasteiger partial charge is 0.0459 e. The summed E-state index contributed by atoms with van der Waals surface area (Å²) < 4.78 is 0. The Morgan fingerprint density at radius 1 is 1.14 bits per heavy atom. The molecule has 1 nitrogen and oxygen atoms in total. The molecule has 1 fully saturated rings. The lowest BCUT2D eigenvalue weighted by atomic mass is 9.60. The molecule has 0 aliphatic heterocycles. The SMILES string of the molecule is OCC1CC2(Cc3ccccc3C2)C1. The highest BCUT2D eigenvalue weighted by Crippen LogP contribution is 2.53. The Labute approximate surface area is 84.8 Å². The fourth-order valence-electron chi connectivity index (χ4n) is 3.36. The first-order valence-corrected chi connectivity index (χ1v) is 5.49. The van der Waals surface area contributed by atoms with Crippen LogP contribution in [0.25, 0.3) is 0 Å². The zero-order valence-corrected chi connectivity index (χ0v) is 8.37. The molecule has 1 N–H and O–H groups in total. The molecule has 0 saturated heterocycles. The van der Waals surface area contributed by atoms with Gasteiger partial charge >= 0.3 is 0 Å².